The predicted octanol–water partition coefficient (Wildman–Crippen LogP) is 1.99. The van der Waals surface area contributed by atoms with Crippen molar-refractivity contribution in [3.05, 3.63) is 47.8 Å². The summed E-state index contributed by atoms with van der Waals surface area (Å²) in [6, 6.07) is 8.02. The smallest absolute Gasteiger partial charge is 0.191 e. The summed E-state index contributed by atoms with van der Waals surface area (Å²) in [4.78, 5) is 4.56. The summed E-state index contributed by atoms with van der Waals surface area (Å²) in [6.45, 7) is 7.57. The van der Waals surface area contributed by atoms with Crippen molar-refractivity contribution in [3.63, 3.8) is 0 Å². The van der Waals surface area contributed by atoms with E-state index in [-0.39, 0.29) is 12.5 Å². The molecule has 2 rings (SSSR count). The third kappa shape index (κ3) is 5.72. The van der Waals surface area contributed by atoms with Crippen LogP contribution in [-0.4, -0.2) is 47.6 Å². The van der Waals surface area contributed by atoms with Gasteiger partial charge in [-0.1, -0.05) is 25.1 Å². The zero-order chi connectivity index (χ0) is 19.9. The van der Waals surface area contributed by atoms with Gasteiger partial charge in [0.2, 0.25) is 0 Å². The van der Waals surface area contributed by atoms with Crippen LogP contribution in [-0.2, 0) is 12.6 Å². The molecule has 0 aliphatic heterocycles. The van der Waals surface area contributed by atoms with E-state index in [9.17, 15) is 5.11 Å². The quantitative estimate of drug-likeness (QED) is 0.487. The number of aliphatic imine (C=N–C) groups is 1. The van der Waals surface area contributed by atoms with E-state index in [0.29, 0.717) is 12.5 Å². The molecule has 2 unspecified atom stereocenters. The standard InChI is InChI=1S/C20H31N5O2/c1-6-21-19(23-14-20(3,26)16-12-24-25(4)13-16)22-11-15(2)17-9-7-8-10-18(17)27-5/h7-10,12-13,15,26H,6,11,14H2,1-5H3,(H2,21,22,23). The summed E-state index contributed by atoms with van der Waals surface area (Å²) in [7, 11) is 3.51. The number of aryl methyl sites for hydroxylation is 1. The molecule has 7 nitrogen and oxygen atoms in total. The van der Waals surface area contributed by atoms with Crippen molar-refractivity contribution in [1.82, 2.24) is 20.4 Å². The molecule has 0 radical (unpaired) electrons. The molecule has 0 spiro atoms. The molecule has 148 valence electrons. The Labute approximate surface area is 161 Å². The van der Waals surface area contributed by atoms with E-state index in [1.165, 1.54) is 0 Å². The van der Waals surface area contributed by atoms with Gasteiger partial charge in [-0.3, -0.25) is 4.68 Å². The van der Waals surface area contributed by atoms with Gasteiger partial charge in [0, 0.05) is 37.8 Å². The maximum absolute atomic E-state index is 10.7. The molecular formula is C20H31N5O2. The Morgan fingerprint density at radius 3 is 2.74 bits per heavy atom. The number of methoxy groups -OCH3 is 1. The number of nitrogens with zero attached hydrogens (tertiary/aromatic N) is 3. The molecule has 1 heterocycles. The van der Waals surface area contributed by atoms with Gasteiger partial charge < -0.3 is 20.5 Å². The second-order valence-corrected chi connectivity index (χ2v) is 6.90. The van der Waals surface area contributed by atoms with Crippen molar-refractivity contribution in [2.24, 2.45) is 12.0 Å². The van der Waals surface area contributed by atoms with Gasteiger partial charge in [0.1, 0.15) is 11.4 Å². The molecule has 2 atom stereocenters. The topological polar surface area (TPSA) is 83.7 Å². The second-order valence-electron chi connectivity index (χ2n) is 6.90. The Kier molecular flexibility index (Phi) is 7.24. The lowest BCUT2D eigenvalue weighted by Gasteiger charge is -2.21. The fourth-order valence-corrected chi connectivity index (χ4v) is 2.80. The summed E-state index contributed by atoms with van der Waals surface area (Å²) in [5.41, 5.74) is 0.808. The monoisotopic (exact) mass is 373 g/mol. The number of para-hydroxylation sites is 1. The molecule has 0 amide bonds. The Morgan fingerprint density at radius 2 is 2.11 bits per heavy atom. The SMILES string of the molecule is CCNC(=NCC(C)(O)c1cnn(C)c1)NCC(C)c1ccccc1OC. The highest BCUT2D eigenvalue weighted by Gasteiger charge is 2.24. The molecule has 0 aliphatic rings. The molecule has 1 aromatic heterocycles. The van der Waals surface area contributed by atoms with E-state index in [4.69, 9.17) is 4.74 Å². The zero-order valence-electron chi connectivity index (χ0n) is 16.9. The number of aliphatic hydroxyl groups is 1. The zero-order valence-corrected chi connectivity index (χ0v) is 16.9. The van der Waals surface area contributed by atoms with Gasteiger partial charge >= 0.3 is 0 Å². The van der Waals surface area contributed by atoms with Crippen LogP contribution in [0.2, 0.25) is 0 Å². The first-order valence-corrected chi connectivity index (χ1v) is 9.24. The van der Waals surface area contributed by atoms with Crippen molar-refractivity contribution < 1.29 is 9.84 Å². The second kappa shape index (κ2) is 9.41. The molecular weight excluding hydrogens is 342 g/mol. The minimum absolute atomic E-state index is 0.233. The molecule has 0 saturated heterocycles. The molecule has 27 heavy (non-hydrogen) atoms. The summed E-state index contributed by atoms with van der Waals surface area (Å²) in [5, 5.41) is 21.4. The summed E-state index contributed by atoms with van der Waals surface area (Å²) >= 11 is 0. The maximum Gasteiger partial charge on any atom is 0.191 e. The average Bonchev–Trinajstić information content (AvgIpc) is 3.11. The minimum atomic E-state index is -1.08. The van der Waals surface area contributed by atoms with E-state index in [1.54, 1.807) is 31.1 Å². The van der Waals surface area contributed by atoms with E-state index in [2.05, 4.69) is 33.7 Å². The third-order valence-corrected chi connectivity index (χ3v) is 4.46. The van der Waals surface area contributed by atoms with Gasteiger partial charge in [0.15, 0.2) is 5.96 Å². The number of hydrogen-bond acceptors (Lipinski definition) is 4. The Morgan fingerprint density at radius 1 is 1.37 bits per heavy atom. The van der Waals surface area contributed by atoms with Gasteiger partial charge in [-0.15, -0.1) is 0 Å². The lowest BCUT2D eigenvalue weighted by atomic mass is 10.00. The van der Waals surface area contributed by atoms with Crippen molar-refractivity contribution in [1.29, 1.82) is 0 Å². The van der Waals surface area contributed by atoms with Gasteiger partial charge in [-0.2, -0.15) is 5.10 Å². The fraction of sp³-hybridized carbons (Fsp3) is 0.500. The van der Waals surface area contributed by atoms with Crippen LogP contribution in [0.5, 0.6) is 5.75 Å². The largest absolute Gasteiger partial charge is 0.496 e. The summed E-state index contributed by atoms with van der Waals surface area (Å²) in [5.74, 6) is 1.79. The Bertz CT molecular complexity index is 754. The van der Waals surface area contributed by atoms with Crippen molar-refractivity contribution in [2.75, 3.05) is 26.7 Å². The lowest BCUT2D eigenvalue weighted by Crippen LogP contribution is -2.40. The summed E-state index contributed by atoms with van der Waals surface area (Å²) < 4.78 is 7.12. The molecule has 3 N–H and O–H groups in total. The van der Waals surface area contributed by atoms with E-state index >= 15 is 0 Å². The number of guanidine groups is 1. The fourth-order valence-electron chi connectivity index (χ4n) is 2.80. The minimum Gasteiger partial charge on any atom is -0.496 e. The molecule has 0 bridgehead atoms. The first-order valence-electron chi connectivity index (χ1n) is 9.24. The van der Waals surface area contributed by atoms with Crippen molar-refractivity contribution in [3.8, 4) is 5.75 Å². The Hall–Kier alpha value is -2.54. The van der Waals surface area contributed by atoms with Crippen LogP contribution in [0.1, 0.15) is 37.8 Å². The van der Waals surface area contributed by atoms with Crippen LogP contribution in [0.25, 0.3) is 0 Å². The van der Waals surface area contributed by atoms with Crippen LogP contribution < -0.4 is 15.4 Å². The highest BCUT2D eigenvalue weighted by atomic mass is 16.5. The lowest BCUT2D eigenvalue weighted by molar-refractivity contribution is 0.0672. The van der Waals surface area contributed by atoms with E-state index in [0.717, 1.165) is 23.4 Å². The number of ether oxygens (including phenoxy) is 1. The predicted molar refractivity (Wildman–Crippen MR) is 108 cm³/mol. The first-order chi connectivity index (χ1) is 12.9. The normalized spacial score (nSPS) is 15.1. The molecule has 0 fully saturated rings. The molecule has 1 aromatic carbocycles. The number of benzene rings is 1. The molecule has 0 saturated carbocycles. The number of nitrogens with one attached hydrogen (secondary N) is 2. The van der Waals surface area contributed by atoms with Crippen LogP contribution >= 0.6 is 0 Å². The maximum atomic E-state index is 10.7. The van der Waals surface area contributed by atoms with Crippen molar-refractivity contribution in [2.45, 2.75) is 32.3 Å². The van der Waals surface area contributed by atoms with Crippen LogP contribution in [0.4, 0.5) is 0 Å². The number of rotatable bonds is 8. The number of hydrogen-bond donors (Lipinski definition) is 3. The first kappa shape index (κ1) is 20.8. The highest BCUT2D eigenvalue weighted by Crippen LogP contribution is 2.25. The summed E-state index contributed by atoms with van der Waals surface area (Å²) in [6.07, 6.45) is 3.47. The van der Waals surface area contributed by atoms with Crippen LogP contribution in [0, 0.1) is 0 Å². The highest BCUT2D eigenvalue weighted by molar-refractivity contribution is 5.79. The Balaban J connectivity index is 2.03. The van der Waals surface area contributed by atoms with E-state index < -0.39 is 5.60 Å². The third-order valence-electron chi connectivity index (χ3n) is 4.46. The molecule has 7 heteroatoms. The van der Waals surface area contributed by atoms with Crippen LogP contribution in [0.3, 0.4) is 0 Å². The van der Waals surface area contributed by atoms with Gasteiger partial charge in [0.05, 0.1) is 19.9 Å². The number of aromatic nitrogens is 2. The van der Waals surface area contributed by atoms with Gasteiger partial charge in [0.25, 0.3) is 0 Å². The van der Waals surface area contributed by atoms with Crippen LogP contribution in [0.15, 0.2) is 41.7 Å². The molecule has 0 aliphatic carbocycles. The average molecular weight is 374 g/mol. The van der Waals surface area contributed by atoms with Crippen molar-refractivity contribution >= 4 is 5.96 Å². The van der Waals surface area contributed by atoms with Gasteiger partial charge in [-0.05, 0) is 25.5 Å². The van der Waals surface area contributed by atoms with Gasteiger partial charge in [-0.25, -0.2) is 4.99 Å². The van der Waals surface area contributed by atoms with E-state index in [1.807, 2.05) is 32.2 Å². The molecule has 2 aromatic rings.